The molecular weight excluding hydrogens is 202 g/mol. The van der Waals surface area contributed by atoms with E-state index in [0.29, 0.717) is 6.42 Å². The predicted molar refractivity (Wildman–Crippen MR) is 53.2 cm³/mol. The first-order chi connectivity index (χ1) is 6.44. The molecule has 1 saturated heterocycles. The summed E-state index contributed by atoms with van der Waals surface area (Å²) in [5.74, 6) is 1.75. The molecule has 0 aromatic heterocycles. The molecule has 0 bridgehead atoms. The van der Waals surface area contributed by atoms with E-state index in [9.17, 15) is 13.2 Å². The van der Waals surface area contributed by atoms with Crippen LogP contribution < -0.4 is 5.32 Å². The fourth-order valence-corrected chi connectivity index (χ4v) is 3.12. The third-order valence-corrected chi connectivity index (χ3v) is 3.98. The van der Waals surface area contributed by atoms with Gasteiger partial charge < -0.3 is 5.32 Å². The summed E-state index contributed by atoms with van der Waals surface area (Å²) in [6.45, 7) is 1.68. The van der Waals surface area contributed by atoms with Gasteiger partial charge >= 0.3 is 0 Å². The summed E-state index contributed by atoms with van der Waals surface area (Å²) in [5, 5.41) is 2.57. The molecule has 0 aliphatic carbocycles. The van der Waals surface area contributed by atoms with Crippen LogP contribution in [0.15, 0.2) is 0 Å². The number of hydrogen-bond acceptors (Lipinski definition) is 3. The Balaban J connectivity index is 2.53. The van der Waals surface area contributed by atoms with Crippen molar-refractivity contribution >= 4 is 15.7 Å². The Labute approximate surface area is 84.0 Å². The SMILES string of the molecule is C#CC(C)NC(=O)C1CCS(=O)(=O)C1. The molecule has 0 aromatic carbocycles. The maximum absolute atomic E-state index is 11.4. The first-order valence-corrected chi connectivity index (χ1v) is 6.23. The third kappa shape index (κ3) is 2.74. The zero-order valence-electron chi connectivity index (χ0n) is 7.99. The van der Waals surface area contributed by atoms with E-state index in [4.69, 9.17) is 6.42 Å². The lowest BCUT2D eigenvalue weighted by atomic mass is 10.1. The number of carbonyl (C=O) groups excluding carboxylic acids is 1. The lowest BCUT2D eigenvalue weighted by molar-refractivity contribution is -0.124. The minimum Gasteiger partial charge on any atom is -0.342 e. The highest BCUT2D eigenvalue weighted by atomic mass is 32.2. The van der Waals surface area contributed by atoms with E-state index in [0.717, 1.165) is 0 Å². The summed E-state index contributed by atoms with van der Waals surface area (Å²) in [6.07, 6.45) is 5.50. The molecule has 1 heterocycles. The van der Waals surface area contributed by atoms with Crippen molar-refractivity contribution in [2.24, 2.45) is 5.92 Å². The van der Waals surface area contributed by atoms with Crippen LogP contribution in [0.5, 0.6) is 0 Å². The molecule has 2 atom stereocenters. The number of nitrogens with one attached hydrogen (secondary N) is 1. The standard InChI is InChI=1S/C9H13NO3S/c1-3-7(2)10-9(11)8-4-5-14(12,13)6-8/h1,7-8H,4-6H2,2H3,(H,10,11). The first kappa shape index (κ1) is 11.1. The highest BCUT2D eigenvalue weighted by Gasteiger charge is 2.33. The Hall–Kier alpha value is -1.02. The lowest BCUT2D eigenvalue weighted by Gasteiger charge is -2.11. The van der Waals surface area contributed by atoms with Crippen molar-refractivity contribution in [3.05, 3.63) is 0 Å². The summed E-state index contributed by atoms with van der Waals surface area (Å²) in [7, 11) is -3.00. The second-order valence-electron chi connectivity index (χ2n) is 3.50. The first-order valence-electron chi connectivity index (χ1n) is 4.41. The fourth-order valence-electron chi connectivity index (χ4n) is 1.37. The summed E-state index contributed by atoms with van der Waals surface area (Å²) in [6, 6.07) is -0.342. The van der Waals surface area contributed by atoms with E-state index in [1.807, 2.05) is 0 Å². The van der Waals surface area contributed by atoms with E-state index < -0.39 is 15.8 Å². The Morgan fingerprint density at radius 3 is 2.71 bits per heavy atom. The van der Waals surface area contributed by atoms with Gasteiger partial charge in [0.05, 0.1) is 23.5 Å². The van der Waals surface area contributed by atoms with Gasteiger partial charge in [0.15, 0.2) is 9.84 Å². The molecule has 0 radical (unpaired) electrons. The summed E-state index contributed by atoms with van der Waals surface area (Å²) in [5.41, 5.74) is 0. The average Bonchev–Trinajstić information content (AvgIpc) is 2.46. The number of terminal acetylenes is 1. The molecule has 1 aliphatic heterocycles. The minimum atomic E-state index is -3.00. The number of carbonyl (C=O) groups is 1. The van der Waals surface area contributed by atoms with Gasteiger partial charge in [0.25, 0.3) is 0 Å². The Bertz CT molecular complexity index is 366. The van der Waals surface area contributed by atoms with Gasteiger partial charge in [-0.2, -0.15) is 0 Å². The van der Waals surface area contributed by atoms with Gasteiger partial charge in [-0.15, -0.1) is 6.42 Å². The molecule has 1 fully saturated rings. The highest BCUT2D eigenvalue weighted by molar-refractivity contribution is 7.91. The molecule has 5 heteroatoms. The Morgan fingerprint density at radius 2 is 2.29 bits per heavy atom. The van der Waals surface area contributed by atoms with Crippen molar-refractivity contribution in [3.8, 4) is 12.3 Å². The van der Waals surface area contributed by atoms with Crippen molar-refractivity contribution in [2.45, 2.75) is 19.4 Å². The van der Waals surface area contributed by atoms with E-state index in [1.165, 1.54) is 0 Å². The second-order valence-corrected chi connectivity index (χ2v) is 5.73. The van der Waals surface area contributed by atoms with Crippen molar-refractivity contribution in [1.82, 2.24) is 5.32 Å². The van der Waals surface area contributed by atoms with Crippen molar-refractivity contribution in [3.63, 3.8) is 0 Å². The van der Waals surface area contributed by atoms with E-state index in [1.54, 1.807) is 6.92 Å². The zero-order valence-corrected chi connectivity index (χ0v) is 8.80. The van der Waals surface area contributed by atoms with Gasteiger partial charge in [-0.1, -0.05) is 5.92 Å². The van der Waals surface area contributed by atoms with Crippen LogP contribution in [-0.4, -0.2) is 31.9 Å². The average molecular weight is 215 g/mol. The largest absolute Gasteiger partial charge is 0.342 e. The number of sulfone groups is 1. The topological polar surface area (TPSA) is 63.2 Å². The van der Waals surface area contributed by atoms with Crippen LogP contribution in [0.2, 0.25) is 0 Å². The van der Waals surface area contributed by atoms with Gasteiger partial charge in [0, 0.05) is 0 Å². The van der Waals surface area contributed by atoms with Gasteiger partial charge in [-0.3, -0.25) is 4.79 Å². The van der Waals surface area contributed by atoms with Crippen LogP contribution in [0.1, 0.15) is 13.3 Å². The van der Waals surface area contributed by atoms with Crippen LogP contribution >= 0.6 is 0 Å². The van der Waals surface area contributed by atoms with Crippen molar-refractivity contribution in [2.75, 3.05) is 11.5 Å². The lowest BCUT2D eigenvalue weighted by Crippen LogP contribution is -2.36. The maximum atomic E-state index is 11.4. The third-order valence-electron chi connectivity index (χ3n) is 2.21. The molecular formula is C9H13NO3S. The number of rotatable bonds is 2. The molecule has 1 aliphatic rings. The molecule has 0 spiro atoms. The smallest absolute Gasteiger partial charge is 0.225 e. The molecule has 0 aromatic rings. The highest BCUT2D eigenvalue weighted by Crippen LogP contribution is 2.18. The monoisotopic (exact) mass is 215 g/mol. The molecule has 4 nitrogen and oxygen atoms in total. The normalized spacial score (nSPS) is 26.4. The molecule has 1 amide bonds. The van der Waals surface area contributed by atoms with Crippen LogP contribution in [-0.2, 0) is 14.6 Å². The maximum Gasteiger partial charge on any atom is 0.225 e. The summed E-state index contributed by atoms with van der Waals surface area (Å²) >= 11 is 0. The Kier molecular flexibility index (Phi) is 3.17. The van der Waals surface area contributed by atoms with Gasteiger partial charge in [0.1, 0.15) is 0 Å². The quantitative estimate of drug-likeness (QED) is 0.635. The molecule has 2 unspecified atom stereocenters. The van der Waals surface area contributed by atoms with E-state index in [2.05, 4.69) is 11.2 Å². The Morgan fingerprint density at radius 1 is 1.64 bits per heavy atom. The van der Waals surface area contributed by atoms with Crippen LogP contribution in [0.4, 0.5) is 0 Å². The van der Waals surface area contributed by atoms with E-state index in [-0.39, 0.29) is 23.5 Å². The summed E-state index contributed by atoms with van der Waals surface area (Å²) < 4.78 is 22.2. The molecule has 0 saturated carbocycles. The van der Waals surface area contributed by atoms with Gasteiger partial charge in [-0.05, 0) is 13.3 Å². The zero-order chi connectivity index (χ0) is 10.8. The van der Waals surface area contributed by atoms with Crippen molar-refractivity contribution in [1.29, 1.82) is 0 Å². The number of hydrogen-bond donors (Lipinski definition) is 1. The predicted octanol–water partition coefficient (Wildman–Crippen LogP) is -0.441. The molecule has 1 rings (SSSR count). The number of amides is 1. The van der Waals surface area contributed by atoms with Gasteiger partial charge in [0.2, 0.25) is 5.91 Å². The van der Waals surface area contributed by atoms with Gasteiger partial charge in [-0.25, -0.2) is 8.42 Å². The van der Waals surface area contributed by atoms with E-state index >= 15 is 0 Å². The van der Waals surface area contributed by atoms with Crippen LogP contribution in [0.25, 0.3) is 0 Å². The molecule has 14 heavy (non-hydrogen) atoms. The molecule has 78 valence electrons. The minimum absolute atomic E-state index is 0.0455. The molecule has 1 N–H and O–H groups in total. The van der Waals surface area contributed by atoms with Crippen molar-refractivity contribution < 1.29 is 13.2 Å². The second kappa shape index (κ2) is 4.01. The fraction of sp³-hybridized carbons (Fsp3) is 0.667. The summed E-state index contributed by atoms with van der Waals surface area (Å²) in [4.78, 5) is 11.4. The van der Waals surface area contributed by atoms with Crippen LogP contribution in [0.3, 0.4) is 0 Å². The van der Waals surface area contributed by atoms with Crippen LogP contribution in [0, 0.1) is 18.3 Å².